The Morgan fingerprint density at radius 2 is 2.11 bits per heavy atom. The van der Waals surface area contributed by atoms with Crippen molar-refractivity contribution in [3.05, 3.63) is 35.0 Å². The average Bonchev–Trinajstić information content (AvgIpc) is 2.44. The van der Waals surface area contributed by atoms with Crippen LogP contribution >= 0.6 is 0 Å². The van der Waals surface area contributed by atoms with E-state index in [-0.39, 0.29) is 0 Å². The molecule has 0 saturated carbocycles. The molecule has 0 atom stereocenters. The molecule has 1 aromatic carbocycles. The van der Waals surface area contributed by atoms with Crippen LogP contribution in [0.4, 0.5) is 0 Å². The summed E-state index contributed by atoms with van der Waals surface area (Å²) in [4.78, 5) is 4.81. The van der Waals surface area contributed by atoms with Crippen molar-refractivity contribution >= 4 is 10.9 Å². The summed E-state index contributed by atoms with van der Waals surface area (Å²) < 4.78 is 5.41. The van der Waals surface area contributed by atoms with Crippen LogP contribution in [-0.2, 0) is 19.4 Å². The van der Waals surface area contributed by atoms with Gasteiger partial charge in [0.05, 0.1) is 7.11 Å². The lowest BCUT2D eigenvalue weighted by atomic mass is 9.90. The van der Waals surface area contributed by atoms with Crippen LogP contribution in [0.15, 0.2) is 18.2 Å². The van der Waals surface area contributed by atoms with Gasteiger partial charge in [0.2, 0.25) is 0 Å². The maximum absolute atomic E-state index is 5.96. The molecule has 2 aromatic rings. The number of pyridine rings is 1. The van der Waals surface area contributed by atoms with E-state index in [2.05, 4.69) is 6.07 Å². The monoisotopic (exact) mass is 242 g/mol. The first kappa shape index (κ1) is 11.5. The molecule has 18 heavy (non-hydrogen) atoms. The molecule has 0 radical (unpaired) electrons. The molecule has 3 rings (SSSR count). The third-order valence-corrected chi connectivity index (χ3v) is 3.80. The Morgan fingerprint density at radius 1 is 1.28 bits per heavy atom. The minimum atomic E-state index is 0.578. The molecule has 2 N–H and O–H groups in total. The van der Waals surface area contributed by atoms with E-state index in [1.165, 1.54) is 29.7 Å². The van der Waals surface area contributed by atoms with Gasteiger partial charge < -0.3 is 10.5 Å². The normalized spacial score (nSPS) is 14.6. The van der Waals surface area contributed by atoms with E-state index in [1.807, 2.05) is 12.1 Å². The molecule has 0 bridgehead atoms. The van der Waals surface area contributed by atoms with Gasteiger partial charge >= 0.3 is 0 Å². The molecule has 1 aromatic heterocycles. The number of rotatable bonds is 2. The molecule has 0 amide bonds. The van der Waals surface area contributed by atoms with Crippen LogP contribution in [-0.4, -0.2) is 12.1 Å². The van der Waals surface area contributed by atoms with Crippen molar-refractivity contribution in [1.82, 2.24) is 4.98 Å². The highest BCUT2D eigenvalue weighted by Crippen LogP contribution is 2.32. The fourth-order valence-electron chi connectivity index (χ4n) is 2.91. The van der Waals surface area contributed by atoms with Crippen molar-refractivity contribution in [3.63, 3.8) is 0 Å². The van der Waals surface area contributed by atoms with Gasteiger partial charge in [-0.1, -0.05) is 12.1 Å². The van der Waals surface area contributed by atoms with Gasteiger partial charge in [0.25, 0.3) is 0 Å². The zero-order chi connectivity index (χ0) is 12.5. The number of ether oxygens (including phenoxy) is 1. The van der Waals surface area contributed by atoms with Gasteiger partial charge in [-0.05, 0) is 42.9 Å². The molecule has 3 nitrogen and oxygen atoms in total. The standard InChI is InChI=1S/C15H18N2O/c1-18-14-8-4-6-11-12(9-16)10-5-2-3-7-13(10)17-15(11)14/h4,6,8H,2-3,5,7,9,16H2,1H3. The lowest BCUT2D eigenvalue weighted by Gasteiger charge is -2.20. The van der Waals surface area contributed by atoms with E-state index >= 15 is 0 Å². The number of nitrogens with zero attached hydrogens (tertiary/aromatic N) is 1. The van der Waals surface area contributed by atoms with E-state index in [9.17, 15) is 0 Å². The minimum absolute atomic E-state index is 0.578. The van der Waals surface area contributed by atoms with Crippen LogP contribution in [0, 0.1) is 0 Å². The Labute approximate surface area is 107 Å². The van der Waals surface area contributed by atoms with Gasteiger partial charge in [0.1, 0.15) is 11.3 Å². The molecule has 94 valence electrons. The highest BCUT2D eigenvalue weighted by molar-refractivity contribution is 5.88. The third-order valence-electron chi connectivity index (χ3n) is 3.80. The van der Waals surface area contributed by atoms with Gasteiger partial charge in [0.15, 0.2) is 0 Å². The van der Waals surface area contributed by atoms with Gasteiger partial charge in [-0.15, -0.1) is 0 Å². The van der Waals surface area contributed by atoms with Crippen LogP contribution in [0.5, 0.6) is 5.75 Å². The van der Waals surface area contributed by atoms with Crippen LogP contribution in [0.3, 0.4) is 0 Å². The van der Waals surface area contributed by atoms with Crippen molar-refractivity contribution < 1.29 is 4.74 Å². The fourth-order valence-corrected chi connectivity index (χ4v) is 2.91. The summed E-state index contributed by atoms with van der Waals surface area (Å²) in [6, 6.07) is 6.07. The van der Waals surface area contributed by atoms with Crippen LogP contribution < -0.4 is 10.5 Å². The summed E-state index contributed by atoms with van der Waals surface area (Å²) in [6.07, 6.45) is 4.65. The highest BCUT2D eigenvalue weighted by Gasteiger charge is 2.18. The quantitative estimate of drug-likeness (QED) is 0.880. The second-order valence-corrected chi connectivity index (χ2v) is 4.78. The largest absolute Gasteiger partial charge is 0.494 e. The SMILES string of the molecule is COc1cccc2c(CN)c3c(nc12)CCCC3. The number of nitrogens with two attached hydrogens (primary N) is 1. The molecule has 0 spiro atoms. The smallest absolute Gasteiger partial charge is 0.145 e. The highest BCUT2D eigenvalue weighted by atomic mass is 16.5. The molecular formula is C15H18N2O. The maximum atomic E-state index is 5.96. The van der Waals surface area contributed by atoms with Crippen molar-refractivity contribution in [3.8, 4) is 5.75 Å². The number of fused-ring (bicyclic) bond motifs is 2. The lowest BCUT2D eigenvalue weighted by Crippen LogP contribution is -2.12. The van der Waals surface area contributed by atoms with Crippen LogP contribution in [0.2, 0.25) is 0 Å². The number of hydrogen-bond acceptors (Lipinski definition) is 3. The van der Waals surface area contributed by atoms with Gasteiger partial charge in [-0.3, -0.25) is 0 Å². The summed E-state index contributed by atoms with van der Waals surface area (Å²) >= 11 is 0. The predicted molar refractivity (Wildman–Crippen MR) is 72.8 cm³/mol. The lowest BCUT2D eigenvalue weighted by molar-refractivity contribution is 0.418. The minimum Gasteiger partial charge on any atom is -0.494 e. The number of aromatic nitrogens is 1. The summed E-state index contributed by atoms with van der Waals surface area (Å²) in [5.74, 6) is 0.843. The van der Waals surface area contributed by atoms with E-state index in [0.717, 1.165) is 29.5 Å². The van der Waals surface area contributed by atoms with Crippen molar-refractivity contribution in [2.45, 2.75) is 32.2 Å². The predicted octanol–water partition coefficient (Wildman–Crippen LogP) is 2.58. The molecule has 1 aliphatic carbocycles. The summed E-state index contributed by atoms with van der Waals surface area (Å²) in [5.41, 5.74) is 10.8. The first-order valence-corrected chi connectivity index (χ1v) is 6.52. The molecule has 1 aliphatic rings. The molecule has 0 aliphatic heterocycles. The number of methoxy groups -OCH3 is 1. The van der Waals surface area contributed by atoms with Gasteiger partial charge in [-0.25, -0.2) is 4.98 Å². The fraction of sp³-hybridized carbons (Fsp3) is 0.400. The second kappa shape index (κ2) is 4.58. The third kappa shape index (κ3) is 1.66. The second-order valence-electron chi connectivity index (χ2n) is 4.78. The number of aryl methyl sites for hydroxylation is 1. The van der Waals surface area contributed by atoms with Gasteiger partial charge in [0, 0.05) is 17.6 Å². The number of hydrogen-bond donors (Lipinski definition) is 1. The molecule has 1 heterocycles. The van der Waals surface area contributed by atoms with E-state index in [4.69, 9.17) is 15.5 Å². The summed E-state index contributed by atoms with van der Waals surface area (Å²) in [5, 5.41) is 1.15. The topological polar surface area (TPSA) is 48.1 Å². The maximum Gasteiger partial charge on any atom is 0.145 e. The Hall–Kier alpha value is -1.61. The molecule has 3 heteroatoms. The number of para-hydroxylation sites is 1. The van der Waals surface area contributed by atoms with E-state index in [1.54, 1.807) is 7.11 Å². The summed E-state index contributed by atoms with van der Waals surface area (Å²) in [6.45, 7) is 0.578. The Balaban J connectivity index is 2.36. The molecule has 0 unspecified atom stereocenters. The Bertz CT molecular complexity index is 593. The zero-order valence-electron chi connectivity index (χ0n) is 10.7. The average molecular weight is 242 g/mol. The summed E-state index contributed by atoms with van der Waals surface area (Å²) in [7, 11) is 1.69. The Kier molecular flexibility index (Phi) is 2.92. The van der Waals surface area contributed by atoms with E-state index in [0.29, 0.717) is 6.54 Å². The molecular weight excluding hydrogens is 224 g/mol. The first-order chi connectivity index (χ1) is 8.85. The number of benzene rings is 1. The molecule has 0 saturated heterocycles. The first-order valence-electron chi connectivity index (χ1n) is 6.52. The van der Waals surface area contributed by atoms with E-state index < -0.39 is 0 Å². The van der Waals surface area contributed by atoms with Gasteiger partial charge in [-0.2, -0.15) is 0 Å². The van der Waals surface area contributed by atoms with Crippen molar-refractivity contribution in [2.24, 2.45) is 5.73 Å². The molecule has 0 fully saturated rings. The Morgan fingerprint density at radius 3 is 2.89 bits per heavy atom. The zero-order valence-corrected chi connectivity index (χ0v) is 10.7. The van der Waals surface area contributed by atoms with Crippen LogP contribution in [0.25, 0.3) is 10.9 Å². The van der Waals surface area contributed by atoms with Crippen molar-refractivity contribution in [2.75, 3.05) is 7.11 Å². The van der Waals surface area contributed by atoms with Crippen LogP contribution in [0.1, 0.15) is 29.7 Å². The van der Waals surface area contributed by atoms with Crippen molar-refractivity contribution in [1.29, 1.82) is 0 Å².